The molecule has 8 nitrogen and oxygen atoms in total. The number of carbonyl (C=O) groups is 1. The minimum absolute atomic E-state index is 0.0300. The zero-order chi connectivity index (χ0) is 28.0. The highest BCUT2D eigenvalue weighted by Crippen LogP contribution is 2.39. The summed E-state index contributed by atoms with van der Waals surface area (Å²) < 4.78 is 32.1. The van der Waals surface area contributed by atoms with Gasteiger partial charge in [-0.05, 0) is 79.4 Å². The number of carbonyl (C=O) groups excluding carboxylic acids is 1. The van der Waals surface area contributed by atoms with E-state index >= 15 is 0 Å². The standard InChI is InChI=1S/C31H33FN4O4S/c32-23-7-8-25(27(18-23)39-15-14-38-13-12-34-31(37)40-24-3-1-2-4-24)29-30-26(10-16-41-30)28(35-36-29)21-5-6-22-19-33-11-9-20(22)17-21/h5-8,10,16-18,24,33H,1-4,9,11-15,19H2,(H,34,37). The second kappa shape index (κ2) is 12.9. The quantitative estimate of drug-likeness (QED) is 0.228. The van der Waals surface area contributed by atoms with Crippen LogP contribution in [0.4, 0.5) is 9.18 Å². The van der Waals surface area contributed by atoms with E-state index in [1.54, 1.807) is 17.4 Å². The van der Waals surface area contributed by atoms with Crippen LogP contribution in [0.3, 0.4) is 0 Å². The Labute approximate surface area is 242 Å². The van der Waals surface area contributed by atoms with E-state index in [2.05, 4.69) is 45.1 Å². The first-order valence-electron chi connectivity index (χ1n) is 14.2. The van der Waals surface area contributed by atoms with E-state index < -0.39 is 11.9 Å². The maximum absolute atomic E-state index is 14.2. The number of halogens is 1. The first-order chi connectivity index (χ1) is 20.2. The molecular weight excluding hydrogens is 543 g/mol. The van der Waals surface area contributed by atoms with Crippen molar-refractivity contribution in [2.24, 2.45) is 0 Å². The highest BCUT2D eigenvalue weighted by molar-refractivity contribution is 7.17. The number of rotatable bonds is 10. The molecule has 214 valence electrons. The number of hydrogen-bond acceptors (Lipinski definition) is 8. The van der Waals surface area contributed by atoms with E-state index in [-0.39, 0.29) is 19.3 Å². The predicted octanol–water partition coefficient (Wildman–Crippen LogP) is 5.87. The molecule has 10 heteroatoms. The molecule has 41 heavy (non-hydrogen) atoms. The molecule has 4 aromatic rings. The van der Waals surface area contributed by atoms with Crippen molar-refractivity contribution in [3.8, 4) is 28.3 Å². The molecule has 6 rings (SSSR count). The fraction of sp³-hybridized carbons (Fsp3) is 0.387. The van der Waals surface area contributed by atoms with Crippen molar-refractivity contribution >= 4 is 27.5 Å². The van der Waals surface area contributed by atoms with Gasteiger partial charge in [-0.3, -0.25) is 0 Å². The van der Waals surface area contributed by atoms with E-state index in [0.717, 1.165) is 66.5 Å². The van der Waals surface area contributed by atoms with Crippen LogP contribution in [0.1, 0.15) is 36.8 Å². The van der Waals surface area contributed by atoms with E-state index in [1.165, 1.54) is 23.3 Å². The lowest BCUT2D eigenvalue weighted by atomic mass is 9.96. The number of alkyl carbamates (subject to hydrolysis) is 1. The Balaban J connectivity index is 1.10. The number of nitrogens with one attached hydrogen (secondary N) is 2. The van der Waals surface area contributed by atoms with Crippen molar-refractivity contribution in [1.82, 2.24) is 20.8 Å². The Hall–Kier alpha value is -3.60. The number of thiophene rings is 1. The average Bonchev–Trinajstić information content (AvgIpc) is 3.69. The van der Waals surface area contributed by atoms with Gasteiger partial charge in [0.2, 0.25) is 0 Å². The minimum Gasteiger partial charge on any atom is -0.490 e. The smallest absolute Gasteiger partial charge is 0.407 e. The topological polar surface area (TPSA) is 94.6 Å². The number of fused-ring (bicyclic) bond motifs is 2. The zero-order valence-electron chi connectivity index (χ0n) is 22.8. The largest absolute Gasteiger partial charge is 0.490 e. The third-order valence-corrected chi connectivity index (χ3v) is 8.45. The minimum atomic E-state index is -0.405. The lowest BCUT2D eigenvalue weighted by Gasteiger charge is -2.18. The normalized spacial score (nSPS) is 15.1. The van der Waals surface area contributed by atoms with Crippen LogP contribution in [-0.2, 0) is 22.4 Å². The van der Waals surface area contributed by atoms with Gasteiger partial charge in [-0.15, -0.1) is 21.5 Å². The maximum atomic E-state index is 14.2. The SMILES string of the molecule is O=C(NCCOCCOc1cc(F)ccc1-c1nnc(-c2ccc3c(c2)CCNC3)c2ccsc12)OC1CCCC1. The van der Waals surface area contributed by atoms with Crippen molar-refractivity contribution in [2.45, 2.75) is 44.8 Å². The molecule has 0 radical (unpaired) electrons. The molecule has 1 fully saturated rings. The van der Waals surface area contributed by atoms with Gasteiger partial charge in [0.15, 0.2) is 0 Å². The molecule has 2 aromatic carbocycles. The summed E-state index contributed by atoms with van der Waals surface area (Å²) in [5.74, 6) is -0.0184. The number of aromatic nitrogens is 2. The molecule has 0 bridgehead atoms. The lowest BCUT2D eigenvalue weighted by molar-refractivity contribution is 0.0857. The van der Waals surface area contributed by atoms with Crippen LogP contribution in [0.5, 0.6) is 5.75 Å². The van der Waals surface area contributed by atoms with E-state index in [1.807, 2.05) is 5.38 Å². The Kier molecular flexibility index (Phi) is 8.69. The second-order valence-electron chi connectivity index (χ2n) is 10.3. The molecule has 0 atom stereocenters. The van der Waals surface area contributed by atoms with Crippen molar-refractivity contribution in [1.29, 1.82) is 0 Å². The average molecular weight is 577 g/mol. The van der Waals surface area contributed by atoms with Gasteiger partial charge in [0, 0.05) is 35.7 Å². The summed E-state index contributed by atoms with van der Waals surface area (Å²) in [5.41, 5.74) is 5.87. The molecule has 0 spiro atoms. The van der Waals surface area contributed by atoms with Gasteiger partial charge in [-0.25, -0.2) is 9.18 Å². The molecule has 2 N–H and O–H groups in total. The highest BCUT2D eigenvalue weighted by Gasteiger charge is 2.20. The maximum Gasteiger partial charge on any atom is 0.407 e. The number of hydrogen-bond donors (Lipinski definition) is 2. The summed E-state index contributed by atoms with van der Waals surface area (Å²) in [6.45, 7) is 3.02. The van der Waals surface area contributed by atoms with Crippen LogP contribution in [0.25, 0.3) is 32.6 Å². The summed E-state index contributed by atoms with van der Waals surface area (Å²) in [4.78, 5) is 11.8. The van der Waals surface area contributed by atoms with Gasteiger partial charge in [0.05, 0.1) is 17.9 Å². The van der Waals surface area contributed by atoms with Crippen LogP contribution in [0.2, 0.25) is 0 Å². The first kappa shape index (κ1) is 27.6. The second-order valence-corrected chi connectivity index (χ2v) is 11.2. The van der Waals surface area contributed by atoms with Crippen LogP contribution in [0.15, 0.2) is 47.8 Å². The Morgan fingerprint density at radius 3 is 2.80 bits per heavy atom. The third kappa shape index (κ3) is 6.50. The van der Waals surface area contributed by atoms with Crippen molar-refractivity contribution in [3.05, 3.63) is 64.8 Å². The molecule has 2 aromatic heterocycles. The van der Waals surface area contributed by atoms with Gasteiger partial charge in [0.25, 0.3) is 0 Å². The van der Waals surface area contributed by atoms with Gasteiger partial charge >= 0.3 is 6.09 Å². The summed E-state index contributed by atoms with van der Waals surface area (Å²) in [7, 11) is 0. The molecule has 3 heterocycles. The van der Waals surface area contributed by atoms with Crippen molar-refractivity contribution in [2.75, 3.05) is 32.9 Å². The van der Waals surface area contributed by atoms with Crippen LogP contribution < -0.4 is 15.4 Å². The van der Waals surface area contributed by atoms with E-state index in [9.17, 15) is 9.18 Å². The summed E-state index contributed by atoms with van der Waals surface area (Å²) in [6.07, 6.45) is 4.70. The fourth-order valence-corrected chi connectivity index (χ4v) is 6.33. The highest BCUT2D eigenvalue weighted by atomic mass is 32.1. The summed E-state index contributed by atoms with van der Waals surface area (Å²) in [5, 5.41) is 18.4. The fourth-order valence-electron chi connectivity index (χ4n) is 5.44. The lowest BCUT2D eigenvalue weighted by Crippen LogP contribution is -2.30. The van der Waals surface area contributed by atoms with Crippen LogP contribution >= 0.6 is 11.3 Å². The predicted molar refractivity (Wildman–Crippen MR) is 157 cm³/mol. The number of ether oxygens (including phenoxy) is 3. The molecule has 0 saturated heterocycles. The number of nitrogens with zero attached hydrogens (tertiary/aromatic N) is 2. The van der Waals surface area contributed by atoms with E-state index in [0.29, 0.717) is 30.2 Å². The van der Waals surface area contributed by atoms with Gasteiger partial charge in [0.1, 0.15) is 35.7 Å². The molecule has 1 aliphatic carbocycles. The zero-order valence-corrected chi connectivity index (χ0v) is 23.6. The molecule has 2 aliphatic rings. The Morgan fingerprint density at radius 1 is 1.02 bits per heavy atom. The Morgan fingerprint density at radius 2 is 1.90 bits per heavy atom. The molecule has 0 unspecified atom stereocenters. The van der Waals surface area contributed by atoms with Gasteiger partial charge in [-0.2, -0.15) is 0 Å². The monoisotopic (exact) mass is 576 g/mol. The van der Waals surface area contributed by atoms with Crippen molar-refractivity contribution in [3.63, 3.8) is 0 Å². The van der Waals surface area contributed by atoms with Crippen LogP contribution in [-0.4, -0.2) is 55.3 Å². The molecule has 1 saturated carbocycles. The summed E-state index contributed by atoms with van der Waals surface area (Å²) >= 11 is 1.58. The van der Waals surface area contributed by atoms with Gasteiger partial charge in [-0.1, -0.05) is 12.1 Å². The molecule has 1 aliphatic heterocycles. The van der Waals surface area contributed by atoms with Crippen LogP contribution in [0, 0.1) is 5.82 Å². The van der Waals surface area contributed by atoms with Gasteiger partial charge < -0.3 is 24.8 Å². The van der Waals surface area contributed by atoms with Crippen molar-refractivity contribution < 1.29 is 23.4 Å². The Bertz CT molecular complexity index is 1520. The first-order valence-corrected chi connectivity index (χ1v) is 15.1. The summed E-state index contributed by atoms with van der Waals surface area (Å²) in [6, 6.07) is 13.0. The number of amides is 1. The third-order valence-electron chi connectivity index (χ3n) is 7.53. The number of benzene rings is 2. The molecule has 1 amide bonds. The van der Waals surface area contributed by atoms with E-state index in [4.69, 9.17) is 14.2 Å². The molecular formula is C31H33FN4O4S.